The normalized spacial score (nSPS) is 18.6. The van der Waals surface area contributed by atoms with Crippen molar-refractivity contribution in [3.05, 3.63) is 0 Å². The third kappa shape index (κ3) is 29.4. The van der Waals surface area contributed by atoms with Crippen molar-refractivity contribution >= 4 is 6.09 Å². The Morgan fingerprint density at radius 3 is 1.03 bits per heavy atom. The molecule has 1 amide bonds. The van der Waals surface area contributed by atoms with Crippen LogP contribution >= 0.6 is 0 Å². The van der Waals surface area contributed by atoms with E-state index in [-0.39, 0.29) is 11.7 Å². The summed E-state index contributed by atoms with van der Waals surface area (Å²) in [6.45, 7) is 21.7. The Hall–Kier alpha value is -0.730. The van der Waals surface area contributed by atoms with Crippen molar-refractivity contribution in [2.45, 2.75) is 184 Å². The molecule has 0 aromatic carbocycles. The molecule has 3 saturated carbocycles. The van der Waals surface area contributed by atoms with Crippen LogP contribution < -0.4 is 0 Å². The predicted octanol–water partition coefficient (Wildman–Crippen LogP) is 11.6. The van der Waals surface area contributed by atoms with Gasteiger partial charge in [0.1, 0.15) is 5.60 Å². The van der Waals surface area contributed by atoms with Gasteiger partial charge in [-0.2, -0.15) is 0 Å². The summed E-state index contributed by atoms with van der Waals surface area (Å²) in [5.41, 5.74) is -0.367. The van der Waals surface area contributed by atoms with E-state index in [1.165, 1.54) is 96.3 Å². The minimum atomic E-state index is -0.367. The number of nitrogens with zero attached hydrogens (tertiary/aromatic N) is 1. The zero-order chi connectivity index (χ0) is 27.4. The fraction of sp³-hybridized carbons (Fsp3) is 0.969. The smallest absolute Gasteiger partial charge is 0.410 e. The summed E-state index contributed by atoms with van der Waals surface area (Å²) in [5, 5.41) is 0. The van der Waals surface area contributed by atoms with Gasteiger partial charge in [-0.15, -0.1) is 0 Å². The van der Waals surface area contributed by atoms with Gasteiger partial charge < -0.3 is 9.64 Å². The maximum absolute atomic E-state index is 11.5. The lowest BCUT2D eigenvalue weighted by Crippen LogP contribution is -2.39. The van der Waals surface area contributed by atoms with E-state index >= 15 is 0 Å². The fourth-order valence-corrected chi connectivity index (χ4v) is 3.96. The summed E-state index contributed by atoms with van der Waals surface area (Å²) in [7, 11) is 0. The quantitative estimate of drug-likeness (QED) is 0.331. The van der Waals surface area contributed by atoms with Gasteiger partial charge in [0.25, 0.3) is 0 Å². The number of piperidine rings is 1. The molecule has 1 aliphatic heterocycles. The number of amides is 1. The number of carbonyl (C=O) groups excluding carboxylic acids is 1. The molecule has 1 saturated heterocycles. The number of likely N-dealkylation sites (tertiary alicyclic amines) is 1. The number of carbonyl (C=O) groups is 1. The van der Waals surface area contributed by atoms with Gasteiger partial charge in [0, 0.05) is 13.1 Å². The van der Waals surface area contributed by atoms with Gasteiger partial charge in [-0.25, -0.2) is 4.79 Å². The summed E-state index contributed by atoms with van der Waals surface area (Å²) in [4.78, 5) is 13.3. The molecular formula is C32H69NO2. The molecular weight excluding hydrogens is 430 g/mol. The van der Waals surface area contributed by atoms with Crippen LogP contribution in [0.3, 0.4) is 0 Å². The van der Waals surface area contributed by atoms with Gasteiger partial charge in [0.05, 0.1) is 0 Å². The largest absolute Gasteiger partial charge is 0.444 e. The molecule has 0 unspecified atom stereocenters. The highest BCUT2D eigenvalue weighted by atomic mass is 16.6. The van der Waals surface area contributed by atoms with Crippen LogP contribution in [0, 0.1) is 5.92 Å². The summed E-state index contributed by atoms with van der Waals surface area (Å²) in [6, 6.07) is 0. The van der Waals surface area contributed by atoms with E-state index in [1.807, 2.05) is 62.3 Å². The van der Waals surface area contributed by atoms with Crippen LogP contribution in [0.4, 0.5) is 4.79 Å². The molecule has 214 valence electrons. The standard InChI is InChI=1S/C10H19NO2.C6H12.2C5H10.3C2H6/c1-10(2,3)13-9(12)11-7-5-4-6-8-11;1-2-4-6-5-3-1;1-5-3-2-4-5;1-2-4-5-3-1;3*1-2/h4-8H2,1-3H3;1-6H2;5H,2-4H2,1H3;1-5H2;3*1-2H3. The minimum Gasteiger partial charge on any atom is -0.444 e. The van der Waals surface area contributed by atoms with Crippen molar-refractivity contribution in [3.63, 3.8) is 0 Å². The molecule has 3 heteroatoms. The Kier molecular flexibility index (Phi) is 32.7. The molecule has 4 aliphatic rings. The predicted molar refractivity (Wildman–Crippen MR) is 160 cm³/mol. The van der Waals surface area contributed by atoms with Gasteiger partial charge in [0.2, 0.25) is 0 Å². The van der Waals surface area contributed by atoms with Crippen LogP contribution in [-0.4, -0.2) is 29.7 Å². The molecule has 0 aromatic heterocycles. The average molecular weight is 500 g/mol. The average Bonchev–Trinajstić information content (AvgIpc) is 3.48. The molecule has 0 atom stereocenters. The van der Waals surface area contributed by atoms with Crippen LogP contribution in [0.1, 0.15) is 178 Å². The molecule has 0 aromatic rings. The van der Waals surface area contributed by atoms with Crippen LogP contribution in [0.5, 0.6) is 0 Å². The van der Waals surface area contributed by atoms with E-state index < -0.39 is 0 Å². The lowest BCUT2D eigenvalue weighted by Gasteiger charge is -2.29. The van der Waals surface area contributed by atoms with Crippen LogP contribution in [0.2, 0.25) is 0 Å². The Bertz CT molecular complexity index is 366. The van der Waals surface area contributed by atoms with E-state index in [2.05, 4.69) is 6.92 Å². The minimum absolute atomic E-state index is 0.160. The first-order valence-corrected chi connectivity index (χ1v) is 15.9. The van der Waals surface area contributed by atoms with E-state index in [1.54, 1.807) is 4.90 Å². The number of hydrogen-bond acceptors (Lipinski definition) is 2. The highest BCUT2D eigenvalue weighted by Gasteiger charge is 2.22. The van der Waals surface area contributed by atoms with Crippen LogP contribution in [0.15, 0.2) is 0 Å². The molecule has 0 bridgehead atoms. The van der Waals surface area contributed by atoms with Crippen molar-refractivity contribution in [1.29, 1.82) is 0 Å². The molecule has 1 heterocycles. The molecule has 0 spiro atoms. The van der Waals surface area contributed by atoms with Crippen LogP contribution in [0.25, 0.3) is 0 Å². The number of hydrogen-bond donors (Lipinski definition) is 0. The van der Waals surface area contributed by atoms with Gasteiger partial charge in [-0.05, 0) is 46.0 Å². The number of ether oxygens (including phenoxy) is 1. The van der Waals surface area contributed by atoms with Gasteiger partial charge in [-0.1, -0.05) is 138 Å². The lowest BCUT2D eigenvalue weighted by atomic mass is 9.88. The zero-order valence-corrected chi connectivity index (χ0v) is 26.3. The van der Waals surface area contributed by atoms with Crippen molar-refractivity contribution < 1.29 is 9.53 Å². The van der Waals surface area contributed by atoms with Crippen molar-refractivity contribution in [2.75, 3.05) is 13.1 Å². The maximum atomic E-state index is 11.5. The fourth-order valence-electron chi connectivity index (χ4n) is 3.96. The van der Waals surface area contributed by atoms with Crippen molar-refractivity contribution in [1.82, 2.24) is 4.90 Å². The molecule has 4 rings (SSSR count). The van der Waals surface area contributed by atoms with Crippen LogP contribution in [-0.2, 0) is 4.74 Å². The van der Waals surface area contributed by atoms with Crippen molar-refractivity contribution in [2.24, 2.45) is 5.92 Å². The summed E-state index contributed by atoms with van der Waals surface area (Å²) in [6.07, 6.45) is 24.3. The lowest BCUT2D eigenvalue weighted by molar-refractivity contribution is 0.0216. The monoisotopic (exact) mass is 500 g/mol. The highest BCUT2D eigenvalue weighted by Crippen LogP contribution is 2.24. The molecule has 3 nitrogen and oxygen atoms in total. The topological polar surface area (TPSA) is 29.5 Å². The Morgan fingerprint density at radius 1 is 0.571 bits per heavy atom. The van der Waals surface area contributed by atoms with Gasteiger partial charge in [0.15, 0.2) is 0 Å². The molecule has 0 N–H and O–H groups in total. The third-order valence-corrected chi connectivity index (χ3v) is 6.15. The SMILES string of the molecule is C1CCCC1.C1CCCCC1.CC.CC.CC.CC(C)(C)OC(=O)N1CCCCC1.CC1CCC1. The summed E-state index contributed by atoms with van der Waals surface area (Å²) in [5.74, 6) is 1.06. The van der Waals surface area contributed by atoms with Gasteiger partial charge >= 0.3 is 6.09 Å². The maximum Gasteiger partial charge on any atom is 0.410 e. The molecule has 0 radical (unpaired) electrons. The summed E-state index contributed by atoms with van der Waals surface area (Å²) < 4.78 is 5.26. The Balaban J connectivity index is -0.000000391. The first-order chi connectivity index (χ1) is 16.9. The Labute approximate surface area is 223 Å². The van der Waals surface area contributed by atoms with E-state index in [9.17, 15) is 4.79 Å². The van der Waals surface area contributed by atoms with Crippen molar-refractivity contribution in [3.8, 4) is 0 Å². The van der Waals surface area contributed by atoms with E-state index in [0.717, 1.165) is 31.8 Å². The summed E-state index contributed by atoms with van der Waals surface area (Å²) >= 11 is 0. The Morgan fingerprint density at radius 2 is 0.829 bits per heavy atom. The highest BCUT2D eigenvalue weighted by molar-refractivity contribution is 5.68. The third-order valence-electron chi connectivity index (χ3n) is 6.15. The second-order valence-corrected chi connectivity index (χ2v) is 10.5. The second kappa shape index (κ2) is 29.5. The first-order valence-electron chi connectivity index (χ1n) is 15.9. The van der Waals surface area contributed by atoms with E-state index in [0.29, 0.717) is 0 Å². The van der Waals surface area contributed by atoms with Gasteiger partial charge in [-0.3, -0.25) is 0 Å². The number of rotatable bonds is 0. The second-order valence-electron chi connectivity index (χ2n) is 10.5. The zero-order valence-electron chi connectivity index (χ0n) is 26.3. The molecule has 35 heavy (non-hydrogen) atoms. The first kappa shape index (κ1) is 38.8. The molecule has 3 aliphatic carbocycles. The van der Waals surface area contributed by atoms with E-state index in [4.69, 9.17) is 4.74 Å². The molecule has 4 fully saturated rings.